The predicted octanol–water partition coefficient (Wildman–Crippen LogP) is 4.13. The molecule has 5 nitrogen and oxygen atoms in total. The van der Waals surface area contributed by atoms with Crippen LogP contribution in [0.3, 0.4) is 0 Å². The Hall–Kier alpha value is -1.18. The van der Waals surface area contributed by atoms with Crippen molar-refractivity contribution in [1.29, 1.82) is 0 Å². The molecule has 0 bridgehead atoms. The Labute approximate surface area is 152 Å². The Kier molecular flexibility index (Phi) is 6.00. The van der Waals surface area contributed by atoms with Crippen molar-refractivity contribution in [3.8, 4) is 11.5 Å². The third-order valence-corrected chi connectivity index (χ3v) is 5.67. The summed E-state index contributed by atoms with van der Waals surface area (Å²) in [7, 11) is 1.44. The van der Waals surface area contributed by atoms with Crippen molar-refractivity contribution >= 4 is 56.4 Å². The molecule has 0 saturated carbocycles. The molecule has 124 valence electrons. The maximum Gasteiger partial charge on any atom is 0.266 e. The van der Waals surface area contributed by atoms with E-state index in [1.54, 1.807) is 17.0 Å². The number of aliphatic imine (C=N–C) groups is 1. The van der Waals surface area contributed by atoms with Gasteiger partial charge in [-0.2, -0.15) is 0 Å². The zero-order valence-electron chi connectivity index (χ0n) is 12.9. The molecule has 1 amide bonds. The van der Waals surface area contributed by atoms with Gasteiger partial charge in [0.05, 0.1) is 12.0 Å². The first-order chi connectivity index (χ1) is 10.9. The number of likely N-dealkylation sites (N-methyl/N-ethyl adjacent to an activating group) is 1. The van der Waals surface area contributed by atoms with Crippen LogP contribution in [0.15, 0.2) is 20.4 Å². The molecule has 1 fully saturated rings. The summed E-state index contributed by atoms with van der Waals surface area (Å²) in [6.45, 7) is 5.00. The van der Waals surface area contributed by atoms with E-state index in [1.807, 2.05) is 13.8 Å². The van der Waals surface area contributed by atoms with Gasteiger partial charge in [0.2, 0.25) is 0 Å². The van der Waals surface area contributed by atoms with Gasteiger partial charge in [-0.05, 0) is 59.2 Å². The molecule has 1 heterocycles. The summed E-state index contributed by atoms with van der Waals surface area (Å²) in [4.78, 5) is 19.0. The van der Waals surface area contributed by atoms with Gasteiger partial charge >= 0.3 is 0 Å². The minimum Gasteiger partial charge on any atom is -0.503 e. The maximum atomic E-state index is 12.5. The van der Waals surface area contributed by atoms with Gasteiger partial charge in [0.1, 0.15) is 5.02 Å². The summed E-state index contributed by atoms with van der Waals surface area (Å²) in [6, 6.07) is 1.62. The number of carbonyl (C=O) groups excluding carboxylic acids is 1. The van der Waals surface area contributed by atoms with Crippen LogP contribution in [0.2, 0.25) is 5.02 Å². The number of benzene rings is 1. The zero-order valence-corrected chi connectivity index (χ0v) is 16.0. The van der Waals surface area contributed by atoms with E-state index in [-0.39, 0.29) is 22.4 Å². The van der Waals surface area contributed by atoms with Gasteiger partial charge < -0.3 is 9.84 Å². The van der Waals surface area contributed by atoms with Gasteiger partial charge in [0.25, 0.3) is 5.91 Å². The SMILES string of the molecule is CCN=C1S/C(=C\c2cc(OC)c(O)c(Cl)c2Br)C(=O)N1CC. The fourth-order valence-corrected chi connectivity index (χ4v) is 3.77. The van der Waals surface area contributed by atoms with Crippen LogP contribution in [0, 0.1) is 0 Å². The Bertz CT molecular complexity index is 706. The highest BCUT2D eigenvalue weighted by Crippen LogP contribution is 2.43. The number of aromatic hydroxyl groups is 1. The number of rotatable bonds is 4. The average molecular weight is 420 g/mol. The number of phenolic OH excluding ortho intramolecular Hbond substituents is 1. The largest absolute Gasteiger partial charge is 0.503 e. The molecule has 23 heavy (non-hydrogen) atoms. The summed E-state index contributed by atoms with van der Waals surface area (Å²) >= 11 is 10.8. The Morgan fingerprint density at radius 1 is 1.52 bits per heavy atom. The lowest BCUT2D eigenvalue weighted by Crippen LogP contribution is -2.28. The van der Waals surface area contributed by atoms with Crippen LogP contribution in [0.1, 0.15) is 19.4 Å². The van der Waals surface area contributed by atoms with Gasteiger partial charge in [-0.1, -0.05) is 11.6 Å². The number of thioether (sulfide) groups is 1. The predicted molar refractivity (Wildman–Crippen MR) is 98.3 cm³/mol. The highest BCUT2D eigenvalue weighted by molar-refractivity contribution is 9.10. The zero-order chi connectivity index (χ0) is 17.1. The van der Waals surface area contributed by atoms with Gasteiger partial charge in [-0.3, -0.25) is 14.7 Å². The van der Waals surface area contributed by atoms with E-state index in [0.29, 0.717) is 33.2 Å². The lowest BCUT2D eigenvalue weighted by atomic mass is 10.2. The summed E-state index contributed by atoms with van der Waals surface area (Å²) in [5, 5.41) is 10.7. The topological polar surface area (TPSA) is 62.1 Å². The first kappa shape index (κ1) is 18.2. The summed E-state index contributed by atoms with van der Waals surface area (Å²) in [5.74, 6) is 0.00655. The van der Waals surface area contributed by atoms with E-state index in [4.69, 9.17) is 16.3 Å². The first-order valence-corrected chi connectivity index (χ1v) is 8.94. The second kappa shape index (κ2) is 7.59. The van der Waals surface area contributed by atoms with Crippen molar-refractivity contribution in [2.45, 2.75) is 13.8 Å². The van der Waals surface area contributed by atoms with Gasteiger partial charge in [-0.15, -0.1) is 0 Å². The molecule has 0 aliphatic carbocycles. The molecule has 0 atom stereocenters. The minimum atomic E-state index is -0.142. The second-order valence-corrected chi connectivity index (χ2v) is 6.74. The Morgan fingerprint density at radius 3 is 2.78 bits per heavy atom. The molecule has 0 radical (unpaired) electrons. The molecule has 0 unspecified atom stereocenters. The quantitative estimate of drug-likeness (QED) is 0.745. The summed E-state index contributed by atoms with van der Waals surface area (Å²) < 4.78 is 5.61. The first-order valence-electron chi connectivity index (χ1n) is 6.95. The van der Waals surface area contributed by atoms with Crippen molar-refractivity contribution in [3.63, 3.8) is 0 Å². The van der Waals surface area contributed by atoms with Crippen LogP contribution in [-0.2, 0) is 4.79 Å². The number of hydrogen-bond donors (Lipinski definition) is 1. The fourth-order valence-electron chi connectivity index (χ4n) is 2.05. The number of amidine groups is 1. The number of halogens is 2. The molecule has 1 saturated heterocycles. The van der Waals surface area contributed by atoms with E-state index in [9.17, 15) is 9.90 Å². The van der Waals surface area contributed by atoms with Crippen LogP contribution in [0.5, 0.6) is 11.5 Å². The van der Waals surface area contributed by atoms with Crippen molar-refractivity contribution in [1.82, 2.24) is 4.90 Å². The highest BCUT2D eigenvalue weighted by atomic mass is 79.9. The van der Waals surface area contributed by atoms with E-state index >= 15 is 0 Å². The van der Waals surface area contributed by atoms with Gasteiger partial charge in [-0.25, -0.2) is 0 Å². The van der Waals surface area contributed by atoms with Crippen molar-refractivity contribution < 1.29 is 14.6 Å². The van der Waals surface area contributed by atoms with Crippen LogP contribution in [0.4, 0.5) is 0 Å². The number of ether oxygens (including phenoxy) is 1. The highest BCUT2D eigenvalue weighted by Gasteiger charge is 2.32. The van der Waals surface area contributed by atoms with Crippen LogP contribution < -0.4 is 4.74 Å². The van der Waals surface area contributed by atoms with Crippen LogP contribution in [-0.4, -0.2) is 41.3 Å². The smallest absolute Gasteiger partial charge is 0.266 e. The molecule has 1 aliphatic heterocycles. The van der Waals surface area contributed by atoms with Crippen LogP contribution in [0.25, 0.3) is 6.08 Å². The second-order valence-electron chi connectivity index (χ2n) is 4.56. The summed E-state index contributed by atoms with van der Waals surface area (Å²) in [6.07, 6.45) is 1.71. The number of methoxy groups -OCH3 is 1. The Morgan fingerprint density at radius 2 is 2.22 bits per heavy atom. The van der Waals surface area contributed by atoms with Crippen molar-refractivity contribution in [2.24, 2.45) is 4.99 Å². The average Bonchev–Trinajstić information content (AvgIpc) is 2.83. The van der Waals surface area contributed by atoms with E-state index in [1.165, 1.54) is 18.9 Å². The number of amides is 1. The minimum absolute atomic E-state index is 0.0974. The van der Waals surface area contributed by atoms with E-state index in [2.05, 4.69) is 20.9 Å². The molecule has 1 aliphatic rings. The van der Waals surface area contributed by atoms with Crippen molar-refractivity contribution in [3.05, 3.63) is 26.0 Å². The molecule has 0 aromatic heterocycles. The molecule has 8 heteroatoms. The molecule has 1 aromatic rings. The normalized spacial score (nSPS) is 18.3. The van der Waals surface area contributed by atoms with Crippen LogP contribution >= 0.6 is 39.3 Å². The molecule has 1 aromatic carbocycles. The third kappa shape index (κ3) is 3.51. The monoisotopic (exact) mass is 418 g/mol. The number of carbonyl (C=O) groups is 1. The number of hydrogen-bond acceptors (Lipinski definition) is 5. The lowest BCUT2D eigenvalue weighted by Gasteiger charge is -2.11. The molecular weight excluding hydrogens is 404 g/mol. The number of nitrogens with zero attached hydrogens (tertiary/aromatic N) is 2. The van der Waals surface area contributed by atoms with E-state index in [0.717, 1.165) is 0 Å². The number of phenols is 1. The fraction of sp³-hybridized carbons (Fsp3) is 0.333. The molecule has 0 spiro atoms. The molecular formula is C15H16BrClN2O3S. The standard InChI is InChI=1S/C15H16BrClN2O3S/c1-4-18-15-19(5-2)14(21)10(23-15)7-8-6-9(22-3)13(20)12(17)11(8)16/h6-7,20H,4-5H2,1-3H3/b10-7-,18-15?. The van der Waals surface area contributed by atoms with Gasteiger partial charge in [0.15, 0.2) is 16.7 Å². The van der Waals surface area contributed by atoms with E-state index < -0.39 is 0 Å². The van der Waals surface area contributed by atoms with Crippen molar-refractivity contribution in [2.75, 3.05) is 20.2 Å². The molecule has 2 rings (SSSR count). The lowest BCUT2D eigenvalue weighted by molar-refractivity contribution is -0.122. The summed E-state index contributed by atoms with van der Waals surface area (Å²) in [5.41, 5.74) is 0.648. The maximum absolute atomic E-state index is 12.5. The third-order valence-electron chi connectivity index (χ3n) is 3.18. The molecule has 1 N–H and O–H groups in total. The van der Waals surface area contributed by atoms with Gasteiger partial charge in [0, 0.05) is 17.6 Å². The Balaban J connectivity index is 2.49.